The van der Waals surface area contributed by atoms with Gasteiger partial charge in [0.1, 0.15) is 5.82 Å². The summed E-state index contributed by atoms with van der Waals surface area (Å²) in [5, 5.41) is 20.8. The highest BCUT2D eigenvalue weighted by Crippen LogP contribution is 2.27. The number of hydrogen-bond donors (Lipinski definition) is 3. The molecule has 0 saturated heterocycles. The molecule has 0 bridgehead atoms. The van der Waals surface area contributed by atoms with Gasteiger partial charge in [0.25, 0.3) is 0 Å². The molecule has 0 unspecified atom stereocenters. The Morgan fingerprint density at radius 3 is 2.80 bits per heavy atom. The molecule has 132 valence electrons. The summed E-state index contributed by atoms with van der Waals surface area (Å²) in [7, 11) is 0. The van der Waals surface area contributed by atoms with Gasteiger partial charge in [-0.05, 0) is 39.5 Å². The van der Waals surface area contributed by atoms with Crippen LogP contribution in [0.3, 0.4) is 0 Å². The number of rotatable bonds is 7. The van der Waals surface area contributed by atoms with Crippen LogP contribution in [-0.2, 0) is 6.54 Å². The van der Waals surface area contributed by atoms with E-state index >= 15 is 0 Å². The van der Waals surface area contributed by atoms with Crippen molar-refractivity contribution in [3.05, 3.63) is 52.9 Å². The van der Waals surface area contributed by atoms with Gasteiger partial charge >= 0.3 is 0 Å². The SMILES string of the molecule is CC(C)[C@@H](CO)Nc1cc(NCc2cccnc2)n2ncc(Br)c2c1. The zero-order chi connectivity index (χ0) is 17.8. The maximum atomic E-state index is 9.60. The van der Waals surface area contributed by atoms with Crippen LogP contribution in [0.5, 0.6) is 0 Å². The fourth-order valence-corrected chi connectivity index (χ4v) is 2.97. The van der Waals surface area contributed by atoms with Gasteiger partial charge in [-0.25, -0.2) is 4.52 Å². The van der Waals surface area contributed by atoms with E-state index in [1.54, 1.807) is 12.4 Å². The highest BCUT2D eigenvalue weighted by molar-refractivity contribution is 9.10. The topological polar surface area (TPSA) is 74.5 Å². The molecule has 0 amide bonds. The van der Waals surface area contributed by atoms with Crippen LogP contribution in [0.15, 0.2) is 47.3 Å². The number of pyridine rings is 2. The fraction of sp³-hybridized carbons (Fsp3) is 0.333. The average Bonchev–Trinajstić information content (AvgIpc) is 2.99. The van der Waals surface area contributed by atoms with Crippen molar-refractivity contribution in [2.24, 2.45) is 5.92 Å². The monoisotopic (exact) mass is 403 g/mol. The van der Waals surface area contributed by atoms with E-state index in [9.17, 15) is 5.11 Å². The van der Waals surface area contributed by atoms with E-state index in [-0.39, 0.29) is 12.6 Å². The van der Waals surface area contributed by atoms with Crippen LogP contribution < -0.4 is 10.6 Å². The molecule has 7 heteroatoms. The van der Waals surface area contributed by atoms with Gasteiger partial charge in [-0.3, -0.25) is 4.98 Å². The average molecular weight is 404 g/mol. The van der Waals surface area contributed by atoms with E-state index in [4.69, 9.17) is 0 Å². The molecular formula is C18H22BrN5O. The summed E-state index contributed by atoms with van der Waals surface area (Å²) in [5.41, 5.74) is 2.99. The first kappa shape index (κ1) is 17.7. The quantitative estimate of drug-likeness (QED) is 0.562. The van der Waals surface area contributed by atoms with Gasteiger partial charge in [0.15, 0.2) is 0 Å². The number of aliphatic hydroxyl groups excluding tert-OH is 1. The van der Waals surface area contributed by atoms with Gasteiger partial charge in [0.05, 0.1) is 28.8 Å². The second-order valence-corrected chi connectivity index (χ2v) is 7.17. The first-order chi connectivity index (χ1) is 12.1. The van der Waals surface area contributed by atoms with Crippen LogP contribution in [0.1, 0.15) is 19.4 Å². The zero-order valence-corrected chi connectivity index (χ0v) is 15.9. The van der Waals surface area contributed by atoms with Crippen molar-refractivity contribution in [2.75, 3.05) is 17.2 Å². The number of hydrogen-bond acceptors (Lipinski definition) is 5. The molecule has 0 aliphatic carbocycles. The van der Waals surface area contributed by atoms with Crippen LogP contribution >= 0.6 is 15.9 Å². The third-order valence-corrected chi connectivity index (χ3v) is 4.73. The second kappa shape index (κ2) is 7.84. The molecule has 3 aromatic rings. The van der Waals surface area contributed by atoms with Crippen molar-refractivity contribution < 1.29 is 5.11 Å². The molecule has 0 saturated carbocycles. The van der Waals surface area contributed by atoms with E-state index < -0.39 is 0 Å². The first-order valence-electron chi connectivity index (χ1n) is 8.26. The predicted molar refractivity (Wildman–Crippen MR) is 104 cm³/mol. The number of anilines is 2. The first-order valence-corrected chi connectivity index (χ1v) is 9.05. The van der Waals surface area contributed by atoms with Crippen molar-refractivity contribution in [2.45, 2.75) is 26.4 Å². The Kier molecular flexibility index (Phi) is 5.55. The summed E-state index contributed by atoms with van der Waals surface area (Å²) < 4.78 is 2.78. The third kappa shape index (κ3) is 4.11. The van der Waals surface area contributed by atoms with Crippen molar-refractivity contribution in [1.29, 1.82) is 0 Å². The van der Waals surface area contributed by atoms with Gasteiger partial charge in [-0.2, -0.15) is 5.10 Å². The molecule has 0 radical (unpaired) electrons. The smallest absolute Gasteiger partial charge is 0.130 e. The largest absolute Gasteiger partial charge is 0.394 e. The van der Waals surface area contributed by atoms with Gasteiger partial charge in [0.2, 0.25) is 0 Å². The number of nitrogens with zero attached hydrogens (tertiary/aromatic N) is 3. The van der Waals surface area contributed by atoms with Crippen LogP contribution in [0.2, 0.25) is 0 Å². The van der Waals surface area contributed by atoms with Crippen molar-refractivity contribution in [1.82, 2.24) is 14.6 Å². The number of aromatic nitrogens is 3. The predicted octanol–water partition coefficient (Wildman–Crippen LogP) is 3.53. The van der Waals surface area contributed by atoms with E-state index in [1.807, 2.05) is 35.0 Å². The Morgan fingerprint density at radius 1 is 1.28 bits per heavy atom. The summed E-state index contributed by atoms with van der Waals surface area (Å²) in [6.07, 6.45) is 5.38. The number of nitrogens with one attached hydrogen (secondary N) is 2. The molecule has 3 heterocycles. The fourth-order valence-electron chi connectivity index (χ4n) is 2.60. The van der Waals surface area contributed by atoms with E-state index in [1.165, 1.54) is 0 Å². The normalized spacial score (nSPS) is 12.5. The zero-order valence-electron chi connectivity index (χ0n) is 14.3. The van der Waals surface area contributed by atoms with Crippen LogP contribution in [-0.4, -0.2) is 32.4 Å². The van der Waals surface area contributed by atoms with E-state index in [0.717, 1.165) is 27.1 Å². The lowest BCUT2D eigenvalue weighted by Gasteiger charge is -2.22. The summed E-state index contributed by atoms with van der Waals surface area (Å²) >= 11 is 3.55. The molecule has 25 heavy (non-hydrogen) atoms. The number of aliphatic hydroxyl groups is 1. The standard InChI is InChI=1S/C18H22BrN5O/c1-12(2)16(11-25)23-14-6-17-15(19)10-22-24(17)18(7-14)21-9-13-4-3-5-20-8-13/h3-8,10,12,16,21,23,25H,9,11H2,1-2H3/t16-/m1/s1. The van der Waals surface area contributed by atoms with Crippen molar-refractivity contribution >= 4 is 33.0 Å². The molecule has 3 N–H and O–H groups in total. The molecule has 0 fully saturated rings. The second-order valence-electron chi connectivity index (χ2n) is 6.31. The highest BCUT2D eigenvalue weighted by atomic mass is 79.9. The van der Waals surface area contributed by atoms with Crippen molar-refractivity contribution in [3.8, 4) is 0 Å². The molecule has 3 rings (SSSR count). The molecule has 0 aliphatic rings. The van der Waals surface area contributed by atoms with Crippen molar-refractivity contribution in [3.63, 3.8) is 0 Å². The maximum absolute atomic E-state index is 9.60. The minimum atomic E-state index is -0.00433. The molecule has 6 nitrogen and oxygen atoms in total. The Bertz CT molecular complexity index is 834. The lowest BCUT2D eigenvalue weighted by atomic mass is 10.1. The molecule has 0 spiro atoms. The summed E-state index contributed by atoms with van der Waals surface area (Å²) in [6, 6.07) is 7.98. The third-order valence-electron chi connectivity index (χ3n) is 4.12. The molecule has 0 aromatic carbocycles. The van der Waals surface area contributed by atoms with Crippen LogP contribution in [0.4, 0.5) is 11.5 Å². The van der Waals surface area contributed by atoms with Gasteiger partial charge in [0, 0.05) is 30.7 Å². The Balaban J connectivity index is 1.90. The Labute approximate surface area is 155 Å². The minimum Gasteiger partial charge on any atom is -0.394 e. The minimum absolute atomic E-state index is 0.00433. The summed E-state index contributed by atoms with van der Waals surface area (Å²) in [6.45, 7) is 4.91. The lowest BCUT2D eigenvalue weighted by Crippen LogP contribution is -2.29. The van der Waals surface area contributed by atoms with Gasteiger partial charge in [-0.1, -0.05) is 19.9 Å². The maximum Gasteiger partial charge on any atom is 0.130 e. The Hall–Kier alpha value is -2.12. The van der Waals surface area contributed by atoms with Crippen LogP contribution in [0, 0.1) is 5.92 Å². The lowest BCUT2D eigenvalue weighted by molar-refractivity contribution is 0.249. The number of fused-ring (bicyclic) bond motifs is 1. The molecule has 1 atom stereocenters. The van der Waals surface area contributed by atoms with Gasteiger partial charge < -0.3 is 15.7 Å². The highest BCUT2D eigenvalue weighted by Gasteiger charge is 2.14. The van der Waals surface area contributed by atoms with Gasteiger partial charge in [-0.15, -0.1) is 0 Å². The van der Waals surface area contributed by atoms with Crippen LogP contribution in [0.25, 0.3) is 5.52 Å². The summed E-state index contributed by atoms with van der Waals surface area (Å²) in [5.74, 6) is 1.19. The Morgan fingerprint density at radius 2 is 2.12 bits per heavy atom. The molecule has 0 aliphatic heterocycles. The summed E-state index contributed by atoms with van der Waals surface area (Å²) in [4.78, 5) is 4.14. The number of halogens is 1. The molecule has 3 aromatic heterocycles. The van der Waals surface area contributed by atoms with E-state index in [0.29, 0.717) is 12.5 Å². The van der Waals surface area contributed by atoms with E-state index in [2.05, 4.69) is 50.5 Å². The molecular weight excluding hydrogens is 382 g/mol.